The molecule has 0 spiro atoms. The summed E-state index contributed by atoms with van der Waals surface area (Å²) < 4.78 is 3.04. The lowest BCUT2D eigenvalue weighted by Crippen LogP contribution is -2.16. The molecule has 8 heteroatoms. The Bertz CT molecular complexity index is 975. The normalized spacial score (nSPS) is 11.6. The highest BCUT2D eigenvalue weighted by molar-refractivity contribution is 7.80. The van der Waals surface area contributed by atoms with Crippen molar-refractivity contribution in [1.82, 2.24) is 4.57 Å². The van der Waals surface area contributed by atoms with Crippen molar-refractivity contribution in [1.29, 1.82) is 0 Å². The van der Waals surface area contributed by atoms with Crippen molar-refractivity contribution < 1.29 is 4.92 Å². The second-order valence-electron chi connectivity index (χ2n) is 4.73. The standard InChI is InChI=1S/C15H12N4O2S2/c1-18-12-8-4-5-9-13(12)23-15(18)17-14(22)16-10-6-2-3-7-11(10)19(20)21/h2-9H,1H3,(H,16,22). The van der Waals surface area contributed by atoms with Gasteiger partial charge in [-0.05, 0) is 30.4 Å². The van der Waals surface area contributed by atoms with Crippen molar-refractivity contribution in [2.24, 2.45) is 12.0 Å². The van der Waals surface area contributed by atoms with Gasteiger partial charge in [0.15, 0.2) is 9.91 Å². The third kappa shape index (κ3) is 3.13. The minimum absolute atomic E-state index is 0.0363. The molecule has 6 nitrogen and oxygen atoms in total. The number of hydrogen-bond donors (Lipinski definition) is 1. The van der Waals surface area contributed by atoms with Gasteiger partial charge in [0.2, 0.25) is 0 Å². The molecule has 0 radical (unpaired) electrons. The van der Waals surface area contributed by atoms with Crippen molar-refractivity contribution in [3.63, 3.8) is 0 Å². The fourth-order valence-corrected chi connectivity index (χ4v) is 3.44. The zero-order valence-electron chi connectivity index (χ0n) is 12.1. The Morgan fingerprint density at radius 2 is 1.96 bits per heavy atom. The molecule has 116 valence electrons. The SMILES string of the molecule is Cn1c(=NC(=S)Nc2ccccc2[N+](=O)[O-])sc2ccccc21. The number of aromatic nitrogens is 1. The Balaban J connectivity index is 1.95. The van der Waals surface area contributed by atoms with Crippen LogP contribution in [0.1, 0.15) is 0 Å². The quantitative estimate of drug-likeness (QED) is 0.439. The number of para-hydroxylation sites is 3. The fraction of sp³-hybridized carbons (Fsp3) is 0.0667. The Morgan fingerprint density at radius 3 is 2.70 bits per heavy atom. The lowest BCUT2D eigenvalue weighted by atomic mass is 10.3. The number of nitrogens with one attached hydrogen (secondary N) is 1. The molecular weight excluding hydrogens is 332 g/mol. The first-order valence-corrected chi connectivity index (χ1v) is 7.92. The Labute approximate surface area is 140 Å². The van der Waals surface area contributed by atoms with Crippen molar-refractivity contribution >= 4 is 50.3 Å². The summed E-state index contributed by atoms with van der Waals surface area (Å²) >= 11 is 6.73. The third-order valence-electron chi connectivity index (χ3n) is 3.25. The van der Waals surface area contributed by atoms with Crippen LogP contribution in [0.25, 0.3) is 10.2 Å². The number of nitro groups is 1. The van der Waals surface area contributed by atoms with E-state index < -0.39 is 4.92 Å². The molecule has 1 heterocycles. The first-order valence-electron chi connectivity index (χ1n) is 6.70. The second-order valence-corrected chi connectivity index (χ2v) is 6.12. The molecule has 1 N–H and O–H groups in total. The molecule has 0 aliphatic rings. The molecule has 0 saturated heterocycles. The molecule has 3 rings (SSSR count). The summed E-state index contributed by atoms with van der Waals surface area (Å²) in [5, 5.41) is 14.0. The van der Waals surface area contributed by atoms with Crippen LogP contribution in [0.5, 0.6) is 0 Å². The number of benzene rings is 2. The van der Waals surface area contributed by atoms with E-state index in [-0.39, 0.29) is 10.8 Å². The van der Waals surface area contributed by atoms with Gasteiger partial charge in [0.25, 0.3) is 5.69 Å². The number of hydrogen-bond acceptors (Lipinski definition) is 4. The Kier molecular flexibility index (Phi) is 4.18. The molecular formula is C15H12N4O2S2. The van der Waals surface area contributed by atoms with Crippen LogP contribution >= 0.6 is 23.6 Å². The average Bonchev–Trinajstić information content (AvgIpc) is 2.84. The van der Waals surface area contributed by atoms with Crippen LogP contribution in [0.2, 0.25) is 0 Å². The molecule has 2 aromatic carbocycles. The molecule has 0 aliphatic carbocycles. The van der Waals surface area contributed by atoms with Crippen LogP contribution in [0.4, 0.5) is 11.4 Å². The van der Waals surface area contributed by atoms with Gasteiger partial charge in [0.1, 0.15) is 5.69 Å². The van der Waals surface area contributed by atoms with Gasteiger partial charge in [-0.3, -0.25) is 10.1 Å². The summed E-state index contributed by atoms with van der Waals surface area (Å²) in [5.41, 5.74) is 1.35. The molecule has 1 aromatic heterocycles. The Morgan fingerprint density at radius 1 is 1.26 bits per heavy atom. The molecule has 0 unspecified atom stereocenters. The van der Waals surface area contributed by atoms with Crippen molar-refractivity contribution in [3.8, 4) is 0 Å². The predicted molar refractivity (Wildman–Crippen MR) is 95.7 cm³/mol. The van der Waals surface area contributed by atoms with E-state index in [1.165, 1.54) is 17.4 Å². The zero-order chi connectivity index (χ0) is 16.4. The van der Waals surface area contributed by atoms with Crippen molar-refractivity contribution in [2.75, 3.05) is 5.32 Å². The number of thiocarbonyl (C=S) groups is 1. The number of nitrogens with zero attached hydrogens (tertiary/aromatic N) is 3. The van der Waals surface area contributed by atoms with Crippen LogP contribution in [0.15, 0.2) is 53.5 Å². The molecule has 0 aliphatic heterocycles. The molecule has 23 heavy (non-hydrogen) atoms. The molecule has 0 bridgehead atoms. The number of aryl methyl sites for hydroxylation is 1. The molecule has 0 amide bonds. The van der Waals surface area contributed by atoms with Gasteiger partial charge < -0.3 is 9.88 Å². The minimum atomic E-state index is -0.454. The summed E-state index contributed by atoms with van der Waals surface area (Å²) in [7, 11) is 1.91. The monoisotopic (exact) mass is 344 g/mol. The van der Waals surface area contributed by atoms with Gasteiger partial charge in [0.05, 0.1) is 15.1 Å². The predicted octanol–water partition coefficient (Wildman–Crippen LogP) is 3.45. The number of anilines is 1. The highest BCUT2D eigenvalue weighted by Gasteiger charge is 2.13. The van der Waals surface area contributed by atoms with E-state index in [2.05, 4.69) is 10.3 Å². The first-order chi connectivity index (χ1) is 11.1. The Hall–Kier alpha value is -2.58. The molecule has 0 fully saturated rings. The molecule has 0 saturated carbocycles. The molecule has 3 aromatic rings. The van der Waals surface area contributed by atoms with Gasteiger partial charge in [-0.2, -0.15) is 4.99 Å². The largest absolute Gasteiger partial charge is 0.325 e. The van der Waals surface area contributed by atoms with E-state index in [1.807, 2.05) is 35.9 Å². The van der Waals surface area contributed by atoms with Gasteiger partial charge in [-0.25, -0.2) is 0 Å². The fourth-order valence-electron chi connectivity index (χ4n) is 2.16. The summed E-state index contributed by atoms with van der Waals surface area (Å²) in [4.78, 5) is 15.7. The zero-order valence-corrected chi connectivity index (χ0v) is 13.7. The smallest absolute Gasteiger partial charge is 0.292 e. The van der Waals surface area contributed by atoms with E-state index in [9.17, 15) is 10.1 Å². The third-order valence-corrected chi connectivity index (χ3v) is 4.56. The van der Waals surface area contributed by atoms with Crippen LogP contribution in [0, 0.1) is 10.1 Å². The highest BCUT2D eigenvalue weighted by atomic mass is 32.1. The maximum Gasteiger partial charge on any atom is 0.292 e. The summed E-state index contributed by atoms with van der Waals surface area (Å²) in [6.07, 6.45) is 0. The van der Waals surface area contributed by atoms with E-state index in [4.69, 9.17) is 12.2 Å². The van der Waals surface area contributed by atoms with Crippen LogP contribution in [-0.4, -0.2) is 14.6 Å². The van der Waals surface area contributed by atoms with Crippen molar-refractivity contribution in [2.45, 2.75) is 0 Å². The second kappa shape index (κ2) is 6.27. The number of fused-ring (bicyclic) bond motifs is 1. The van der Waals surface area contributed by atoms with Crippen LogP contribution < -0.4 is 10.1 Å². The van der Waals surface area contributed by atoms with E-state index in [0.29, 0.717) is 5.69 Å². The van der Waals surface area contributed by atoms with Crippen molar-refractivity contribution in [3.05, 3.63) is 63.4 Å². The van der Waals surface area contributed by atoms with Gasteiger partial charge in [-0.15, -0.1) is 0 Å². The summed E-state index contributed by atoms with van der Waals surface area (Å²) in [6, 6.07) is 14.3. The van der Waals surface area contributed by atoms with Crippen LogP contribution in [-0.2, 0) is 7.05 Å². The minimum Gasteiger partial charge on any atom is -0.325 e. The van der Waals surface area contributed by atoms with Gasteiger partial charge in [0, 0.05) is 13.1 Å². The number of rotatable bonds is 2. The summed E-state index contributed by atoms with van der Waals surface area (Å²) in [6.45, 7) is 0. The van der Waals surface area contributed by atoms with E-state index >= 15 is 0 Å². The average molecular weight is 344 g/mol. The molecule has 0 atom stereocenters. The van der Waals surface area contributed by atoms with Gasteiger partial charge >= 0.3 is 0 Å². The summed E-state index contributed by atoms with van der Waals surface area (Å²) in [5.74, 6) is 0. The van der Waals surface area contributed by atoms with E-state index in [0.717, 1.165) is 15.0 Å². The lowest BCUT2D eigenvalue weighted by molar-refractivity contribution is -0.383. The number of nitro benzene ring substituents is 1. The maximum absolute atomic E-state index is 11.0. The van der Waals surface area contributed by atoms with E-state index in [1.54, 1.807) is 18.2 Å². The van der Waals surface area contributed by atoms with Crippen LogP contribution in [0.3, 0.4) is 0 Å². The topological polar surface area (TPSA) is 72.5 Å². The first kappa shape index (κ1) is 15.3. The number of thiazole rings is 1. The maximum atomic E-state index is 11.0. The van der Waals surface area contributed by atoms with Gasteiger partial charge in [-0.1, -0.05) is 35.6 Å². The highest BCUT2D eigenvalue weighted by Crippen LogP contribution is 2.23. The lowest BCUT2D eigenvalue weighted by Gasteiger charge is -2.04.